The maximum absolute atomic E-state index is 13.8. The molecule has 0 radical (unpaired) electrons. The molecular formula is C12H6Cl2FNO2. The van der Waals surface area contributed by atoms with Crippen molar-refractivity contribution in [3.63, 3.8) is 0 Å². The van der Waals surface area contributed by atoms with Gasteiger partial charge in [0.2, 0.25) is 0 Å². The Morgan fingerprint density at radius 2 is 1.89 bits per heavy atom. The summed E-state index contributed by atoms with van der Waals surface area (Å²) >= 11 is 11.7. The second-order valence-corrected chi connectivity index (χ2v) is 4.36. The number of rotatable bonds is 2. The van der Waals surface area contributed by atoms with Gasteiger partial charge in [-0.15, -0.1) is 0 Å². The van der Waals surface area contributed by atoms with Crippen LogP contribution in [0.2, 0.25) is 10.0 Å². The van der Waals surface area contributed by atoms with E-state index in [1.165, 1.54) is 30.3 Å². The van der Waals surface area contributed by atoms with Crippen molar-refractivity contribution in [1.29, 1.82) is 0 Å². The highest BCUT2D eigenvalue weighted by Gasteiger charge is 2.21. The summed E-state index contributed by atoms with van der Waals surface area (Å²) in [6.45, 7) is 0. The van der Waals surface area contributed by atoms with E-state index in [9.17, 15) is 14.5 Å². The molecule has 0 amide bonds. The van der Waals surface area contributed by atoms with Crippen LogP contribution in [0, 0.1) is 15.9 Å². The summed E-state index contributed by atoms with van der Waals surface area (Å²) in [7, 11) is 0. The molecule has 0 N–H and O–H groups in total. The highest BCUT2D eigenvalue weighted by Crippen LogP contribution is 2.37. The molecule has 0 atom stereocenters. The third-order valence-electron chi connectivity index (χ3n) is 2.39. The van der Waals surface area contributed by atoms with Gasteiger partial charge < -0.3 is 0 Å². The van der Waals surface area contributed by atoms with E-state index in [4.69, 9.17) is 23.2 Å². The number of nitro groups is 1. The second-order valence-electron chi connectivity index (χ2n) is 3.52. The van der Waals surface area contributed by atoms with Crippen molar-refractivity contribution in [3.05, 3.63) is 62.4 Å². The molecule has 0 fully saturated rings. The van der Waals surface area contributed by atoms with Gasteiger partial charge in [-0.25, -0.2) is 4.39 Å². The molecule has 0 bridgehead atoms. The molecule has 18 heavy (non-hydrogen) atoms. The molecular weight excluding hydrogens is 280 g/mol. The van der Waals surface area contributed by atoms with E-state index in [1.54, 1.807) is 0 Å². The van der Waals surface area contributed by atoms with Gasteiger partial charge in [0.1, 0.15) is 5.82 Å². The number of hydrogen-bond donors (Lipinski definition) is 0. The lowest BCUT2D eigenvalue weighted by Crippen LogP contribution is -1.95. The van der Waals surface area contributed by atoms with E-state index in [-0.39, 0.29) is 21.8 Å². The third kappa shape index (κ3) is 2.30. The van der Waals surface area contributed by atoms with Crippen LogP contribution in [0.25, 0.3) is 11.1 Å². The van der Waals surface area contributed by atoms with Crippen molar-refractivity contribution in [2.45, 2.75) is 0 Å². The third-order valence-corrected chi connectivity index (χ3v) is 2.95. The predicted octanol–water partition coefficient (Wildman–Crippen LogP) is 4.71. The van der Waals surface area contributed by atoms with Crippen LogP contribution in [-0.2, 0) is 0 Å². The van der Waals surface area contributed by atoms with Gasteiger partial charge in [-0.3, -0.25) is 10.1 Å². The first-order valence-corrected chi connectivity index (χ1v) is 5.64. The first kappa shape index (κ1) is 12.8. The van der Waals surface area contributed by atoms with Gasteiger partial charge in [-0.1, -0.05) is 29.3 Å². The van der Waals surface area contributed by atoms with Crippen LogP contribution in [0.1, 0.15) is 0 Å². The van der Waals surface area contributed by atoms with Gasteiger partial charge in [0, 0.05) is 21.7 Å². The summed E-state index contributed by atoms with van der Waals surface area (Å²) in [4.78, 5) is 10.2. The smallest absolute Gasteiger partial charge is 0.258 e. The fourth-order valence-electron chi connectivity index (χ4n) is 1.62. The minimum Gasteiger partial charge on any atom is -0.258 e. The van der Waals surface area contributed by atoms with Crippen LogP contribution in [0.15, 0.2) is 36.4 Å². The summed E-state index contributed by atoms with van der Waals surface area (Å²) < 4.78 is 13.8. The Kier molecular flexibility index (Phi) is 3.50. The number of nitrogens with zero attached hydrogens (tertiary/aromatic N) is 1. The Morgan fingerprint density at radius 1 is 1.17 bits per heavy atom. The molecule has 2 aromatic rings. The van der Waals surface area contributed by atoms with E-state index in [2.05, 4.69) is 0 Å². The summed E-state index contributed by atoms with van der Waals surface area (Å²) in [6.07, 6.45) is 0. The Morgan fingerprint density at radius 3 is 2.56 bits per heavy atom. The molecule has 3 nitrogen and oxygen atoms in total. The van der Waals surface area contributed by atoms with E-state index in [1.807, 2.05) is 0 Å². The standard InChI is InChI=1S/C12H6Cl2FNO2/c13-7-4-5-9(14)8(6-7)12-10(15)2-1-3-11(12)16(17)18/h1-6H. The lowest BCUT2D eigenvalue weighted by molar-refractivity contribution is -0.384. The van der Waals surface area contributed by atoms with Gasteiger partial charge in [-0.05, 0) is 24.3 Å². The topological polar surface area (TPSA) is 43.1 Å². The lowest BCUT2D eigenvalue weighted by atomic mass is 10.0. The number of halogens is 3. The molecule has 0 aliphatic heterocycles. The molecule has 2 aromatic carbocycles. The molecule has 0 aliphatic carbocycles. The Labute approximate surface area is 112 Å². The second kappa shape index (κ2) is 4.92. The largest absolute Gasteiger partial charge is 0.280 e. The van der Waals surface area contributed by atoms with Crippen LogP contribution in [0.3, 0.4) is 0 Å². The van der Waals surface area contributed by atoms with Crippen molar-refractivity contribution >= 4 is 28.9 Å². The average Bonchev–Trinajstić information content (AvgIpc) is 2.32. The van der Waals surface area contributed by atoms with Crippen LogP contribution < -0.4 is 0 Å². The van der Waals surface area contributed by atoms with Crippen LogP contribution in [0.4, 0.5) is 10.1 Å². The normalized spacial score (nSPS) is 10.4. The molecule has 0 aromatic heterocycles. The molecule has 6 heteroatoms. The summed E-state index contributed by atoms with van der Waals surface area (Å²) in [5, 5.41) is 11.4. The fourth-order valence-corrected chi connectivity index (χ4v) is 2.00. The van der Waals surface area contributed by atoms with Gasteiger partial charge in [0.25, 0.3) is 5.69 Å². The summed E-state index contributed by atoms with van der Waals surface area (Å²) in [5.41, 5.74) is -0.303. The molecule has 2 rings (SSSR count). The van der Waals surface area contributed by atoms with Crippen LogP contribution in [0.5, 0.6) is 0 Å². The highest BCUT2D eigenvalue weighted by molar-refractivity contribution is 6.35. The van der Waals surface area contributed by atoms with E-state index in [0.717, 1.165) is 6.07 Å². The zero-order valence-electron chi connectivity index (χ0n) is 8.86. The Balaban J connectivity index is 2.77. The summed E-state index contributed by atoms with van der Waals surface area (Å²) in [5.74, 6) is -0.714. The van der Waals surface area contributed by atoms with Crippen LogP contribution >= 0.6 is 23.2 Å². The molecule has 0 spiro atoms. The van der Waals surface area contributed by atoms with E-state index >= 15 is 0 Å². The maximum Gasteiger partial charge on any atom is 0.280 e. The van der Waals surface area contributed by atoms with E-state index < -0.39 is 10.7 Å². The molecule has 0 saturated heterocycles. The Bertz CT molecular complexity index is 631. The first-order chi connectivity index (χ1) is 8.50. The molecule has 0 saturated carbocycles. The van der Waals surface area contributed by atoms with Gasteiger partial charge in [0.15, 0.2) is 0 Å². The zero-order valence-corrected chi connectivity index (χ0v) is 10.4. The first-order valence-electron chi connectivity index (χ1n) is 4.89. The Hall–Kier alpha value is -1.65. The molecule has 92 valence electrons. The lowest BCUT2D eigenvalue weighted by Gasteiger charge is -2.07. The van der Waals surface area contributed by atoms with Crippen LogP contribution in [-0.4, -0.2) is 4.92 Å². The van der Waals surface area contributed by atoms with Gasteiger partial charge in [0.05, 0.1) is 10.5 Å². The average molecular weight is 286 g/mol. The predicted molar refractivity (Wildman–Crippen MR) is 68.5 cm³/mol. The van der Waals surface area contributed by atoms with Crippen molar-refractivity contribution < 1.29 is 9.31 Å². The van der Waals surface area contributed by atoms with Gasteiger partial charge in [-0.2, -0.15) is 0 Å². The fraction of sp³-hybridized carbons (Fsp3) is 0. The summed E-state index contributed by atoms with van der Waals surface area (Å²) in [6, 6.07) is 8.02. The van der Waals surface area contributed by atoms with Crippen molar-refractivity contribution in [1.82, 2.24) is 0 Å². The van der Waals surface area contributed by atoms with Crippen molar-refractivity contribution in [2.24, 2.45) is 0 Å². The maximum atomic E-state index is 13.8. The minimum absolute atomic E-state index is 0.157. The zero-order chi connectivity index (χ0) is 13.3. The quantitative estimate of drug-likeness (QED) is 0.592. The SMILES string of the molecule is O=[N+]([O-])c1cccc(F)c1-c1cc(Cl)ccc1Cl. The number of hydrogen-bond acceptors (Lipinski definition) is 2. The molecule has 0 heterocycles. The van der Waals surface area contributed by atoms with Gasteiger partial charge >= 0.3 is 0 Å². The highest BCUT2D eigenvalue weighted by atomic mass is 35.5. The van der Waals surface area contributed by atoms with E-state index in [0.29, 0.717) is 5.02 Å². The number of benzene rings is 2. The molecule has 0 unspecified atom stereocenters. The van der Waals surface area contributed by atoms with Crippen molar-refractivity contribution in [3.8, 4) is 11.1 Å². The van der Waals surface area contributed by atoms with Crippen molar-refractivity contribution in [2.75, 3.05) is 0 Å². The monoisotopic (exact) mass is 285 g/mol. The molecule has 0 aliphatic rings. The number of nitro benzene ring substituents is 1. The minimum atomic E-state index is -0.714.